The fraction of sp³-hybridized carbons (Fsp3) is 0.452. The van der Waals surface area contributed by atoms with Crippen molar-refractivity contribution in [2.75, 3.05) is 20.3 Å². The predicted octanol–water partition coefficient (Wildman–Crippen LogP) is 3.48. The molecule has 0 radical (unpaired) electrons. The van der Waals surface area contributed by atoms with E-state index in [4.69, 9.17) is 9.47 Å². The van der Waals surface area contributed by atoms with Crippen molar-refractivity contribution in [1.29, 1.82) is 0 Å². The van der Waals surface area contributed by atoms with E-state index in [1.807, 2.05) is 66.7 Å². The van der Waals surface area contributed by atoms with Crippen LogP contribution in [0.4, 0.5) is 0 Å². The van der Waals surface area contributed by atoms with Crippen LogP contribution >= 0.6 is 0 Å². The zero-order valence-corrected chi connectivity index (χ0v) is 22.5. The zero-order chi connectivity index (χ0) is 27.6. The van der Waals surface area contributed by atoms with Crippen LogP contribution in [0.1, 0.15) is 54.9 Å². The fourth-order valence-electron chi connectivity index (χ4n) is 5.31. The van der Waals surface area contributed by atoms with Crippen LogP contribution in [-0.2, 0) is 36.8 Å². The molecule has 2 aliphatic heterocycles. The van der Waals surface area contributed by atoms with E-state index >= 15 is 0 Å². The Morgan fingerprint density at radius 3 is 2.56 bits per heavy atom. The predicted molar refractivity (Wildman–Crippen MR) is 146 cm³/mol. The Morgan fingerprint density at radius 1 is 1.08 bits per heavy atom. The number of carbonyl (C=O) groups excluding carboxylic acids is 3. The maximum Gasteiger partial charge on any atom is 0.306 e. The number of carbonyl (C=O) groups is 3. The van der Waals surface area contributed by atoms with Crippen LogP contribution in [0, 0.1) is 5.92 Å². The van der Waals surface area contributed by atoms with Crippen molar-refractivity contribution in [2.24, 2.45) is 5.92 Å². The minimum atomic E-state index is -0.731. The highest BCUT2D eigenvalue weighted by molar-refractivity contribution is 5.86. The van der Waals surface area contributed by atoms with Crippen molar-refractivity contribution in [3.63, 3.8) is 0 Å². The number of cyclic esters (lactones) is 1. The fourth-order valence-corrected chi connectivity index (χ4v) is 5.31. The maximum atomic E-state index is 13.7. The first-order valence-corrected chi connectivity index (χ1v) is 13.7. The number of ether oxygens (including phenoxy) is 2. The van der Waals surface area contributed by atoms with Crippen LogP contribution in [0.5, 0.6) is 0 Å². The lowest BCUT2D eigenvalue weighted by atomic mass is 9.92. The molecule has 0 bridgehead atoms. The number of nitrogens with zero attached hydrogens (tertiary/aromatic N) is 1. The standard InChI is InChI=1S/C31H38N2O6/c1-38-21-27-30(22-11-6-4-7-12-22)39-29(36)16-8-3-2-5-14-24(31(37)32-27)18-28(35)33-19-25-15-10-9-13-23(25)17-26(33)20-34/h2,4-7,9-13,15,24,26-27,30,34H,3,8,14,16-21H2,1H3,(H,32,37). The van der Waals surface area contributed by atoms with Gasteiger partial charge in [-0.25, -0.2) is 0 Å². The first-order chi connectivity index (χ1) is 19.0. The topological polar surface area (TPSA) is 105 Å². The second-order valence-electron chi connectivity index (χ2n) is 10.2. The summed E-state index contributed by atoms with van der Waals surface area (Å²) in [6, 6.07) is 16.3. The number of benzene rings is 2. The molecule has 8 nitrogen and oxygen atoms in total. The summed E-state index contributed by atoms with van der Waals surface area (Å²) in [6.45, 7) is 0.393. The normalized spacial score (nSPS) is 24.4. The van der Waals surface area contributed by atoms with Gasteiger partial charge in [-0.1, -0.05) is 66.7 Å². The summed E-state index contributed by atoms with van der Waals surface area (Å²) < 4.78 is 11.3. The molecule has 0 spiro atoms. The van der Waals surface area contributed by atoms with Gasteiger partial charge in [-0.05, 0) is 42.4 Å². The quantitative estimate of drug-likeness (QED) is 0.434. The molecule has 2 aromatic rings. The molecule has 0 saturated carbocycles. The van der Waals surface area contributed by atoms with Crippen LogP contribution in [0.15, 0.2) is 66.7 Å². The molecule has 208 valence electrons. The summed E-state index contributed by atoms with van der Waals surface area (Å²) in [5.74, 6) is -1.43. The molecule has 0 fully saturated rings. The van der Waals surface area contributed by atoms with Crippen LogP contribution in [0.2, 0.25) is 0 Å². The second-order valence-corrected chi connectivity index (χ2v) is 10.2. The van der Waals surface area contributed by atoms with Crippen LogP contribution < -0.4 is 5.32 Å². The number of aliphatic hydroxyl groups excluding tert-OH is 1. The summed E-state index contributed by atoms with van der Waals surface area (Å²) in [7, 11) is 1.53. The van der Waals surface area contributed by atoms with Crippen LogP contribution in [0.25, 0.3) is 0 Å². The number of amides is 2. The van der Waals surface area contributed by atoms with Gasteiger partial charge in [0.15, 0.2) is 0 Å². The molecule has 4 rings (SSSR count). The van der Waals surface area contributed by atoms with E-state index in [1.165, 1.54) is 7.11 Å². The lowest BCUT2D eigenvalue weighted by molar-refractivity contribution is -0.153. The van der Waals surface area contributed by atoms with Crippen LogP contribution in [-0.4, -0.2) is 60.2 Å². The maximum absolute atomic E-state index is 13.7. The number of esters is 1. The molecule has 2 N–H and O–H groups in total. The summed E-state index contributed by atoms with van der Waals surface area (Å²) in [6.07, 6.45) is 5.66. The Morgan fingerprint density at radius 2 is 1.82 bits per heavy atom. The van der Waals surface area contributed by atoms with Gasteiger partial charge in [-0.15, -0.1) is 0 Å². The highest BCUT2D eigenvalue weighted by Crippen LogP contribution is 2.27. The molecular formula is C31H38N2O6. The summed E-state index contributed by atoms with van der Waals surface area (Å²) in [5.41, 5.74) is 2.95. The highest BCUT2D eigenvalue weighted by atomic mass is 16.5. The number of methoxy groups -OCH3 is 1. The van der Waals surface area contributed by atoms with Gasteiger partial charge in [-0.3, -0.25) is 14.4 Å². The molecule has 2 amide bonds. The Kier molecular flexibility index (Phi) is 10.3. The highest BCUT2D eigenvalue weighted by Gasteiger charge is 2.34. The van der Waals surface area contributed by atoms with Crippen molar-refractivity contribution in [3.05, 3.63) is 83.4 Å². The molecular weight excluding hydrogens is 496 g/mol. The van der Waals surface area contributed by atoms with Gasteiger partial charge in [-0.2, -0.15) is 0 Å². The Bertz CT molecular complexity index is 1150. The lowest BCUT2D eigenvalue weighted by Gasteiger charge is -2.37. The Hall–Kier alpha value is -3.49. The van der Waals surface area contributed by atoms with E-state index in [9.17, 15) is 19.5 Å². The number of fused-ring (bicyclic) bond motifs is 1. The van der Waals surface area contributed by atoms with Gasteiger partial charge in [0.05, 0.1) is 31.2 Å². The van der Waals surface area contributed by atoms with Crippen molar-refractivity contribution in [3.8, 4) is 0 Å². The van der Waals surface area contributed by atoms with E-state index in [2.05, 4.69) is 5.32 Å². The zero-order valence-electron chi connectivity index (χ0n) is 22.5. The van der Waals surface area contributed by atoms with Gasteiger partial charge in [0, 0.05) is 26.5 Å². The second kappa shape index (κ2) is 14.1. The average Bonchev–Trinajstić information content (AvgIpc) is 2.96. The molecule has 4 atom stereocenters. The molecule has 2 aliphatic rings. The molecule has 0 saturated heterocycles. The Labute approximate surface area is 230 Å². The summed E-state index contributed by atoms with van der Waals surface area (Å²) in [4.78, 5) is 41.6. The number of hydrogen-bond acceptors (Lipinski definition) is 6. The van der Waals surface area contributed by atoms with E-state index in [-0.39, 0.29) is 49.9 Å². The minimum absolute atomic E-state index is 0.00430. The van der Waals surface area contributed by atoms with Gasteiger partial charge in [0.2, 0.25) is 11.8 Å². The molecule has 2 heterocycles. The smallest absolute Gasteiger partial charge is 0.306 e. The van der Waals surface area contributed by atoms with Gasteiger partial charge in [0.1, 0.15) is 6.10 Å². The molecule has 39 heavy (non-hydrogen) atoms. The largest absolute Gasteiger partial charge is 0.455 e. The minimum Gasteiger partial charge on any atom is -0.455 e. The van der Waals surface area contributed by atoms with Gasteiger partial charge in [0.25, 0.3) is 0 Å². The average molecular weight is 535 g/mol. The Balaban J connectivity index is 1.56. The molecule has 0 aliphatic carbocycles. The van der Waals surface area contributed by atoms with E-state index < -0.39 is 18.1 Å². The molecule has 2 aromatic carbocycles. The van der Waals surface area contributed by atoms with E-state index in [0.29, 0.717) is 32.2 Å². The molecule has 0 aromatic heterocycles. The summed E-state index contributed by atoms with van der Waals surface area (Å²) in [5, 5.41) is 13.1. The number of allylic oxidation sites excluding steroid dienone is 2. The molecule has 8 heteroatoms. The third-order valence-electron chi connectivity index (χ3n) is 7.44. The number of hydrogen-bond donors (Lipinski definition) is 2. The van der Waals surface area contributed by atoms with Crippen molar-refractivity contribution >= 4 is 17.8 Å². The van der Waals surface area contributed by atoms with Gasteiger partial charge < -0.3 is 24.8 Å². The monoisotopic (exact) mass is 534 g/mol. The van der Waals surface area contributed by atoms with Crippen molar-refractivity contribution in [1.82, 2.24) is 10.2 Å². The first-order valence-electron chi connectivity index (χ1n) is 13.7. The van der Waals surface area contributed by atoms with Crippen LogP contribution in [0.3, 0.4) is 0 Å². The summed E-state index contributed by atoms with van der Waals surface area (Å²) >= 11 is 0. The van der Waals surface area contributed by atoms with Crippen molar-refractivity contribution < 1.29 is 29.0 Å². The van der Waals surface area contributed by atoms with Crippen molar-refractivity contribution in [2.45, 2.75) is 63.3 Å². The third kappa shape index (κ3) is 7.55. The SMILES string of the molecule is COCC1NC(=O)C(CC(=O)N2Cc3ccccc3CC2CO)CC=CCCCC(=O)OC1c1ccccc1. The number of nitrogens with one attached hydrogen (secondary N) is 1. The van der Waals surface area contributed by atoms with E-state index in [0.717, 1.165) is 16.7 Å². The third-order valence-corrected chi connectivity index (χ3v) is 7.44. The van der Waals surface area contributed by atoms with E-state index in [1.54, 1.807) is 4.90 Å². The lowest BCUT2D eigenvalue weighted by Crippen LogP contribution is -2.49. The molecule has 4 unspecified atom stereocenters. The first kappa shape index (κ1) is 28.5. The number of rotatable bonds is 6. The number of aliphatic hydroxyl groups is 1. The van der Waals surface area contributed by atoms with Gasteiger partial charge >= 0.3 is 5.97 Å².